The quantitative estimate of drug-likeness (QED) is 0.839. The van der Waals surface area contributed by atoms with E-state index in [0.29, 0.717) is 18.1 Å². The fourth-order valence-electron chi connectivity index (χ4n) is 1.94. The van der Waals surface area contributed by atoms with Gasteiger partial charge in [0.1, 0.15) is 11.4 Å². The average Bonchev–Trinajstić information content (AvgIpc) is 2.24. The van der Waals surface area contributed by atoms with Crippen molar-refractivity contribution in [3.63, 3.8) is 0 Å². The van der Waals surface area contributed by atoms with Crippen LogP contribution in [0.15, 0.2) is 18.2 Å². The van der Waals surface area contributed by atoms with Crippen molar-refractivity contribution in [3.8, 4) is 5.75 Å². The van der Waals surface area contributed by atoms with Crippen molar-refractivity contribution in [2.24, 2.45) is 0 Å². The van der Waals surface area contributed by atoms with Crippen molar-refractivity contribution in [3.05, 3.63) is 28.8 Å². The summed E-state index contributed by atoms with van der Waals surface area (Å²) in [5.74, 6) is 0.793. The van der Waals surface area contributed by atoms with Crippen LogP contribution in [0.4, 0.5) is 0 Å². The Hall–Kier alpha value is -0.553. The Labute approximate surface area is 127 Å². The van der Waals surface area contributed by atoms with Crippen molar-refractivity contribution in [1.29, 1.82) is 0 Å². The molecule has 0 bridgehead atoms. The van der Waals surface area contributed by atoms with E-state index in [2.05, 4.69) is 39.2 Å². The minimum Gasteiger partial charge on any atom is -0.543 e. The van der Waals surface area contributed by atoms with Crippen LogP contribution < -0.4 is 9.74 Å². The molecule has 0 atom stereocenters. The zero-order chi connectivity index (χ0) is 15.2. The van der Waals surface area contributed by atoms with Gasteiger partial charge in [0, 0.05) is 18.7 Å². The molecule has 0 unspecified atom stereocenters. The lowest BCUT2D eigenvalue weighted by Gasteiger charge is -2.39. The fraction of sp³-hybridized carbons (Fsp3) is 0.600. The van der Waals surface area contributed by atoms with Crippen molar-refractivity contribution < 1.29 is 9.53 Å². The molecule has 0 radical (unpaired) electrons. The van der Waals surface area contributed by atoms with Gasteiger partial charge in [0.15, 0.2) is 0 Å². The standard InChI is InChI=1S/C15H24ClNO2Si/c1-14(2,3)20(4,5)19-11-6-7-12(13(16)8-11)15(18)9-17-10-15/h6-8,17-18H,9-10H2,1-5H3. The van der Waals surface area contributed by atoms with Crippen molar-refractivity contribution in [2.75, 3.05) is 13.1 Å². The predicted molar refractivity (Wildman–Crippen MR) is 86.0 cm³/mol. The second-order valence-corrected chi connectivity index (χ2v) is 12.3. The van der Waals surface area contributed by atoms with E-state index in [1.54, 1.807) is 0 Å². The van der Waals surface area contributed by atoms with Crippen molar-refractivity contribution in [1.82, 2.24) is 5.32 Å². The Bertz CT molecular complexity index is 507. The van der Waals surface area contributed by atoms with Gasteiger partial charge in [-0.05, 0) is 30.3 Å². The SMILES string of the molecule is CC(C)(C)[Si](C)(C)Oc1ccc(C2(O)CNC2)c(Cl)c1. The summed E-state index contributed by atoms with van der Waals surface area (Å²) in [4.78, 5) is 0. The van der Waals surface area contributed by atoms with Gasteiger partial charge in [0.2, 0.25) is 8.32 Å². The van der Waals surface area contributed by atoms with Gasteiger partial charge >= 0.3 is 0 Å². The summed E-state index contributed by atoms with van der Waals surface area (Å²) in [5, 5.41) is 14.1. The molecule has 2 rings (SSSR count). The maximum atomic E-state index is 10.3. The van der Waals surface area contributed by atoms with E-state index in [0.717, 1.165) is 11.3 Å². The summed E-state index contributed by atoms with van der Waals surface area (Å²) in [7, 11) is -1.86. The molecule has 0 aromatic heterocycles. The number of hydrogen-bond acceptors (Lipinski definition) is 3. The number of aliphatic hydroxyl groups is 1. The molecule has 5 heteroatoms. The summed E-state index contributed by atoms with van der Waals surface area (Å²) >= 11 is 6.32. The third-order valence-electron chi connectivity index (χ3n) is 4.46. The van der Waals surface area contributed by atoms with E-state index >= 15 is 0 Å². The number of rotatable bonds is 3. The molecule has 112 valence electrons. The highest BCUT2D eigenvalue weighted by Gasteiger charge is 2.40. The van der Waals surface area contributed by atoms with Crippen LogP contribution in [0.1, 0.15) is 26.3 Å². The molecule has 2 N–H and O–H groups in total. The van der Waals surface area contributed by atoms with Crippen LogP contribution in [0.5, 0.6) is 5.75 Å². The second kappa shape index (κ2) is 5.02. The van der Waals surface area contributed by atoms with Gasteiger partial charge < -0.3 is 14.8 Å². The van der Waals surface area contributed by atoms with Crippen LogP contribution in [0.2, 0.25) is 23.2 Å². The molecule has 1 saturated heterocycles. The van der Waals surface area contributed by atoms with E-state index < -0.39 is 13.9 Å². The molecular weight excluding hydrogens is 290 g/mol. The molecule has 0 amide bonds. The zero-order valence-electron chi connectivity index (χ0n) is 12.9. The van der Waals surface area contributed by atoms with E-state index in [1.807, 2.05) is 18.2 Å². The Kier molecular flexibility index (Phi) is 3.97. The largest absolute Gasteiger partial charge is 0.543 e. The number of halogens is 1. The molecule has 1 aromatic carbocycles. The summed E-state index contributed by atoms with van der Waals surface area (Å²) < 4.78 is 6.22. The van der Waals surface area contributed by atoms with E-state index in [1.165, 1.54) is 0 Å². The Morgan fingerprint density at radius 2 is 1.90 bits per heavy atom. The highest BCUT2D eigenvalue weighted by Crippen LogP contribution is 2.39. The van der Waals surface area contributed by atoms with Gasteiger partial charge in [-0.2, -0.15) is 0 Å². The maximum absolute atomic E-state index is 10.3. The predicted octanol–water partition coefficient (Wildman–Crippen LogP) is 3.51. The van der Waals surface area contributed by atoms with Crippen molar-refractivity contribution in [2.45, 2.75) is 44.5 Å². The first-order chi connectivity index (χ1) is 9.05. The van der Waals surface area contributed by atoms with Gasteiger partial charge in [-0.3, -0.25) is 0 Å². The first kappa shape index (κ1) is 15.8. The van der Waals surface area contributed by atoms with Crippen LogP contribution in [0.3, 0.4) is 0 Å². The summed E-state index contributed by atoms with van der Waals surface area (Å²) in [6, 6.07) is 5.62. The number of nitrogens with one attached hydrogen (secondary N) is 1. The monoisotopic (exact) mass is 313 g/mol. The van der Waals surface area contributed by atoms with Crippen LogP contribution in [0.25, 0.3) is 0 Å². The van der Waals surface area contributed by atoms with E-state index in [9.17, 15) is 5.11 Å². The normalized spacial score (nSPS) is 18.6. The third-order valence-corrected chi connectivity index (χ3v) is 9.13. The maximum Gasteiger partial charge on any atom is 0.250 e. The molecule has 3 nitrogen and oxygen atoms in total. The minimum atomic E-state index is -1.86. The molecule has 0 spiro atoms. The lowest BCUT2D eigenvalue weighted by atomic mass is 9.88. The lowest BCUT2D eigenvalue weighted by molar-refractivity contribution is -0.0145. The highest BCUT2D eigenvalue weighted by molar-refractivity contribution is 6.74. The van der Waals surface area contributed by atoms with Gasteiger partial charge in [-0.25, -0.2) is 0 Å². The first-order valence-electron chi connectivity index (χ1n) is 6.97. The minimum absolute atomic E-state index is 0.147. The molecule has 1 aliphatic heterocycles. The summed E-state index contributed by atoms with van der Waals surface area (Å²) in [6.45, 7) is 12.1. The van der Waals surface area contributed by atoms with E-state index in [-0.39, 0.29) is 5.04 Å². The lowest BCUT2D eigenvalue weighted by Crippen LogP contribution is -2.56. The Morgan fingerprint density at radius 3 is 2.30 bits per heavy atom. The molecule has 1 heterocycles. The van der Waals surface area contributed by atoms with E-state index in [4.69, 9.17) is 16.0 Å². The summed E-state index contributed by atoms with van der Waals surface area (Å²) in [6.07, 6.45) is 0. The highest BCUT2D eigenvalue weighted by atomic mass is 35.5. The molecular formula is C15H24ClNO2Si. The molecule has 1 aromatic rings. The fourth-order valence-corrected chi connectivity index (χ4v) is 3.31. The van der Waals surface area contributed by atoms with Crippen molar-refractivity contribution >= 4 is 19.9 Å². The third kappa shape index (κ3) is 2.88. The van der Waals surface area contributed by atoms with Gasteiger partial charge in [-0.1, -0.05) is 38.4 Å². The van der Waals surface area contributed by atoms with Gasteiger partial charge in [-0.15, -0.1) is 0 Å². The van der Waals surface area contributed by atoms with Gasteiger partial charge in [0.25, 0.3) is 0 Å². The van der Waals surface area contributed by atoms with Gasteiger partial charge in [0.05, 0.1) is 5.02 Å². The Balaban J connectivity index is 2.22. The number of benzene rings is 1. The first-order valence-corrected chi connectivity index (χ1v) is 10.3. The molecule has 0 aliphatic carbocycles. The number of hydrogen-bond donors (Lipinski definition) is 2. The smallest absolute Gasteiger partial charge is 0.250 e. The molecule has 20 heavy (non-hydrogen) atoms. The van der Waals surface area contributed by atoms with Crippen LogP contribution >= 0.6 is 11.6 Å². The van der Waals surface area contributed by atoms with Crippen LogP contribution in [-0.4, -0.2) is 26.5 Å². The topological polar surface area (TPSA) is 41.5 Å². The average molecular weight is 314 g/mol. The molecule has 1 aliphatic rings. The zero-order valence-corrected chi connectivity index (χ0v) is 14.6. The second-order valence-electron chi connectivity index (χ2n) is 7.14. The molecule has 1 fully saturated rings. The molecule has 0 saturated carbocycles. The Morgan fingerprint density at radius 1 is 1.30 bits per heavy atom. The van der Waals surface area contributed by atoms with Crippen LogP contribution in [0, 0.1) is 0 Å². The number of β-amino-alcohol motifs (C(OH)–C–C–N with tert-alkyl or cyclic N) is 1. The summed E-state index contributed by atoms with van der Waals surface area (Å²) in [5.41, 5.74) is -0.0486. The van der Waals surface area contributed by atoms with Crippen LogP contribution in [-0.2, 0) is 5.60 Å².